The number of nitrogens with one attached hydrogen (secondary N) is 1. The van der Waals surface area contributed by atoms with Crippen LogP contribution in [0.3, 0.4) is 0 Å². The molecule has 0 fully saturated rings. The highest BCUT2D eigenvalue weighted by atomic mass is 35.5. The van der Waals surface area contributed by atoms with Crippen LogP contribution in [0.5, 0.6) is 0 Å². The van der Waals surface area contributed by atoms with Crippen LogP contribution in [-0.4, -0.2) is 19.7 Å². The van der Waals surface area contributed by atoms with Crippen molar-refractivity contribution >= 4 is 17.4 Å². The lowest BCUT2D eigenvalue weighted by Crippen LogP contribution is -2.08. The van der Waals surface area contributed by atoms with Crippen LogP contribution in [0.2, 0.25) is 5.02 Å². The number of nitrogens with zero attached hydrogens (tertiary/aromatic N) is 4. The van der Waals surface area contributed by atoms with Crippen molar-refractivity contribution in [2.24, 2.45) is 0 Å². The van der Waals surface area contributed by atoms with Crippen molar-refractivity contribution in [3.05, 3.63) is 70.9 Å². The monoisotopic (exact) mass is 367 g/mol. The Morgan fingerprint density at radius 3 is 2.44 bits per heavy atom. The molecule has 1 aromatic carbocycles. The van der Waals surface area contributed by atoms with Crippen LogP contribution in [-0.2, 0) is 19.3 Å². The van der Waals surface area contributed by atoms with E-state index in [0.717, 1.165) is 23.4 Å². The largest absolute Gasteiger partial charge is 0.417 e. The van der Waals surface area contributed by atoms with Crippen LogP contribution in [0.4, 0.5) is 19.0 Å². The summed E-state index contributed by atoms with van der Waals surface area (Å²) in [5.74, 6) is 0.210. The third kappa shape index (κ3) is 4.48. The molecule has 9 heteroatoms. The third-order valence-corrected chi connectivity index (χ3v) is 3.75. The molecule has 5 nitrogen and oxygen atoms in total. The van der Waals surface area contributed by atoms with Crippen molar-refractivity contribution in [3.8, 4) is 0 Å². The summed E-state index contributed by atoms with van der Waals surface area (Å²) < 4.78 is 39.5. The minimum atomic E-state index is -4.46. The number of aromatic nitrogens is 4. The standard InChI is InChI=1S/C16H13ClF3N5/c17-14-5-13(16(18,19)20)7-23-15(14)22-6-11-1-3-12(4-2-11)8-25-10-21-9-24-25/h1-5,7,9-10H,6,8H2,(H,22,23). The molecule has 2 aromatic heterocycles. The molecule has 0 radical (unpaired) electrons. The second kappa shape index (κ2) is 7.10. The fraction of sp³-hybridized carbons (Fsp3) is 0.188. The van der Waals surface area contributed by atoms with E-state index >= 15 is 0 Å². The first-order valence-corrected chi connectivity index (χ1v) is 7.66. The molecule has 0 aliphatic rings. The second-order valence-electron chi connectivity index (χ2n) is 5.32. The van der Waals surface area contributed by atoms with Crippen LogP contribution in [0.15, 0.2) is 49.2 Å². The Balaban J connectivity index is 1.62. The fourth-order valence-electron chi connectivity index (χ4n) is 2.17. The highest BCUT2D eigenvalue weighted by Gasteiger charge is 2.31. The molecular weight excluding hydrogens is 355 g/mol. The maximum atomic E-state index is 12.6. The van der Waals surface area contributed by atoms with Gasteiger partial charge in [0, 0.05) is 12.7 Å². The zero-order valence-corrected chi connectivity index (χ0v) is 13.6. The topological polar surface area (TPSA) is 55.6 Å². The second-order valence-corrected chi connectivity index (χ2v) is 5.72. The molecule has 0 saturated heterocycles. The van der Waals surface area contributed by atoms with Gasteiger partial charge in [0.15, 0.2) is 0 Å². The third-order valence-electron chi connectivity index (χ3n) is 3.46. The zero-order valence-electron chi connectivity index (χ0n) is 12.8. The Hall–Kier alpha value is -2.61. The number of pyridine rings is 1. The predicted molar refractivity (Wildman–Crippen MR) is 87.1 cm³/mol. The first kappa shape index (κ1) is 17.2. The van der Waals surface area contributed by atoms with Crippen LogP contribution in [0.1, 0.15) is 16.7 Å². The number of halogens is 4. The van der Waals surface area contributed by atoms with Crippen LogP contribution >= 0.6 is 11.6 Å². The van der Waals surface area contributed by atoms with Crippen LogP contribution in [0, 0.1) is 0 Å². The highest BCUT2D eigenvalue weighted by Crippen LogP contribution is 2.32. The minimum Gasteiger partial charge on any atom is -0.365 e. The van der Waals surface area contributed by atoms with Gasteiger partial charge in [0.25, 0.3) is 0 Å². The molecule has 0 spiro atoms. The van der Waals surface area contributed by atoms with Gasteiger partial charge in [-0.25, -0.2) is 14.6 Å². The van der Waals surface area contributed by atoms with Crippen molar-refractivity contribution in [2.75, 3.05) is 5.32 Å². The summed E-state index contributed by atoms with van der Waals surface area (Å²) in [5.41, 5.74) is 1.13. The van der Waals surface area contributed by atoms with Crippen molar-refractivity contribution in [1.82, 2.24) is 19.7 Å². The Kier molecular flexibility index (Phi) is 4.89. The summed E-state index contributed by atoms with van der Waals surface area (Å²) in [6, 6.07) is 8.58. The Morgan fingerprint density at radius 1 is 1.12 bits per heavy atom. The first-order valence-electron chi connectivity index (χ1n) is 7.28. The molecule has 0 atom stereocenters. The maximum Gasteiger partial charge on any atom is 0.417 e. The molecular formula is C16H13ClF3N5. The van der Waals surface area contributed by atoms with Gasteiger partial charge in [0.05, 0.1) is 17.1 Å². The van der Waals surface area contributed by atoms with Crippen molar-refractivity contribution in [3.63, 3.8) is 0 Å². The number of rotatable bonds is 5. The van der Waals surface area contributed by atoms with Gasteiger partial charge in [-0.15, -0.1) is 0 Å². The molecule has 2 heterocycles. The highest BCUT2D eigenvalue weighted by molar-refractivity contribution is 6.32. The van der Waals surface area contributed by atoms with Crippen molar-refractivity contribution in [1.29, 1.82) is 0 Å². The minimum absolute atomic E-state index is 0.0716. The van der Waals surface area contributed by atoms with Gasteiger partial charge in [0.1, 0.15) is 18.5 Å². The van der Waals surface area contributed by atoms with Crippen LogP contribution in [0.25, 0.3) is 0 Å². The Bertz CT molecular complexity index is 832. The van der Waals surface area contributed by atoms with Gasteiger partial charge in [-0.2, -0.15) is 18.3 Å². The van der Waals surface area contributed by atoms with E-state index in [1.807, 2.05) is 24.3 Å². The molecule has 0 unspecified atom stereocenters. The number of alkyl halides is 3. The molecule has 1 N–H and O–H groups in total. The molecule has 0 bridgehead atoms. The van der Waals surface area contributed by atoms with Crippen molar-refractivity contribution < 1.29 is 13.2 Å². The van der Waals surface area contributed by atoms with E-state index < -0.39 is 11.7 Å². The van der Waals surface area contributed by atoms with E-state index in [1.165, 1.54) is 6.33 Å². The SMILES string of the molecule is FC(F)(F)c1cnc(NCc2ccc(Cn3cncn3)cc2)c(Cl)c1. The molecule has 0 aliphatic heterocycles. The fourth-order valence-corrected chi connectivity index (χ4v) is 2.41. The average molecular weight is 368 g/mol. The first-order chi connectivity index (χ1) is 11.9. The molecule has 3 rings (SSSR count). The molecule has 0 aliphatic carbocycles. The molecule has 25 heavy (non-hydrogen) atoms. The summed E-state index contributed by atoms with van der Waals surface area (Å²) in [4.78, 5) is 7.63. The molecule has 130 valence electrons. The smallest absolute Gasteiger partial charge is 0.365 e. The number of hydrogen-bond acceptors (Lipinski definition) is 4. The lowest BCUT2D eigenvalue weighted by atomic mass is 10.1. The maximum absolute atomic E-state index is 12.6. The van der Waals surface area contributed by atoms with E-state index in [1.54, 1.807) is 11.0 Å². The van der Waals surface area contributed by atoms with E-state index in [-0.39, 0.29) is 10.8 Å². The number of anilines is 1. The van der Waals surface area contributed by atoms with E-state index in [4.69, 9.17) is 11.6 Å². The van der Waals surface area contributed by atoms with Gasteiger partial charge >= 0.3 is 6.18 Å². The predicted octanol–water partition coefficient (Wildman–Crippen LogP) is 4.01. The van der Waals surface area contributed by atoms with E-state index in [0.29, 0.717) is 13.1 Å². The summed E-state index contributed by atoms with van der Waals surface area (Å²) in [5, 5.41) is 6.90. The molecule has 3 aromatic rings. The molecule has 0 saturated carbocycles. The van der Waals surface area contributed by atoms with Gasteiger partial charge in [-0.05, 0) is 17.2 Å². The quantitative estimate of drug-likeness (QED) is 0.740. The number of benzene rings is 1. The summed E-state index contributed by atoms with van der Waals surface area (Å²) in [6.07, 6.45) is -0.600. The zero-order chi connectivity index (χ0) is 17.9. The number of hydrogen-bond donors (Lipinski definition) is 1. The van der Waals surface area contributed by atoms with E-state index in [9.17, 15) is 13.2 Å². The lowest BCUT2D eigenvalue weighted by molar-refractivity contribution is -0.137. The lowest BCUT2D eigenvalue weighted by Gasteiger charge is -2.11. The van der Waals surface area contributed by atoms with Gasteiger partial charge in [0.2, 0.25) is 0 Å². The van der Waals surface area contributed by atoms with Crippen molar-refractivity contribution in [2.45, 2.75) is 19.3 Å². The average Bonchev–Trinajstić information content (AvgIpc) is 3.07. The van der Waals surface area contributed by atoms with E-state index in [2.05, 4.69) is 20.4 Å². The normalized spacial score (nSPS) is 11.5. The summed E-state index contributed by atoms with van der Waals surface area (Å²) in [7, 11) is 0. The van der Waals surface area contributed by atoms with Gasteiger partial charge in [-0.3, -0.25) is 0 Å². The molecule has 0 amide bonds. The van der Waals surface area contributed by atoms with Gasteiger partial charge in [-0.1, -0.05) is 35.9 Å². The summed E-state index contributed by atoms with van der Waals surface area (Å²) in [6.45, 7) is 1.00. The Labute approximate surface area is 146 Å². The summed E-state index contributed by atoms with van der Waals surface area (Å²) >= 11 is 5.87. The van der Waals surface area contributed by atoms with Gasteiger partial charge < -0.3 is 5.32 Å². The Morgan fingerprint density at radius 2 is 1.84 bits per heavy atom. The van der Waals surface area contributed by atoms with Crippen LogP contribution < -0.4 is 5.32 Å².